The molecule has 3 rings (SSSR count). The predicted molar refractivity (Wildman–Crippen MR) is 106 cm³/mol. The molecule has 0 aliphatic heterocycles. The van der Waals surface area contributed by atoms with E-state index in [-0.39, 0.29) is 5.69 Å². The van der Waals surface area contributed by atoms with Gasteiger partial charge in [0.25, 0.3) is 5.91 Å². The van der Waals surface area contributed by atoms with Crippen LogP contribution in [0.15, 0.2) is 48.5 Å². The number of benzene rings is 2. The van der Waals surface area contributed by atoms with Gasteiger partial charge in [-0.05, 0) is 37.3 Å². The highest BCUT2D eigenvalue weighted by Crippen LogP contribution is 2.28. The largest absolute Gasteiger partial charge is 0.339 e. The molecule has 0 radical (unpaired) electrons. The van der Waals surface area contributed by atoms with Crippen molar-refractivity contribution in [3.05, 3.63) is 75.7 Å². The number of amides is 1. The molecule has 2 N–H and O–H groups in total. The lowest BCUT2D eigenvalue weighted by atomic mass is 10.2. The van der Waals surface area contributed by atoms with E-state index in [0.717, 1.165) is 0 Å². The minimum atomic E-state index is -0.455. The molecular weight excluding hydrogens is 385 g/mol. The Kier molecular flexibility index (Phi) is 5.55. The molecule has 1 amide bonds. The van der Waals surface area contributed by atoms with Crippen LogP contribution in [0.25, 0.3) is 0 Å². The highest BCUT2D eigenvalue weighted by molar-refractivity contribution is 6.35. The van der Waals surface area contributed by atoms with Gasteiger partial charge in [-0.1, -0.05) is 35.3 Å². The summed E-state index contributed by atoms with van der Waals surface area (Å²) < 4.78 is 0. The third-order valence-corrected chi connectivity index (χ3v) is 4.12. The van der Waals surface area contributed by atoms with Crippen LogP contribution in [0.4, 0.5) is 17.2 Å². The Labute approximate surface area is 165 Å². The second-order valence-electron chi connectivity index (χ2n) is 5.55. The van der Waals surface area contributed by atoms with E-state index in [1.807, 2.05) is 6.07 Å². The second kappa shape index (κ2) is 8.04. The zero-order valence-corrected chi connectivity index (χ0v) is 15.6. The lowest BCUT2D eigenvalue weighted by Gasteiger charge is -2.11. The van der Waals surface area contributed by atoms with Crippen LogP contribution in [-0.4, -0.2) is 15.9 Å². The van der Waals surface area contributed by atoms with Gasteiger partial charge in [-0.2, -0.15) is 5.26 Å². The van der Waals surface area contributed by atoms with Crippen molar-refractivity contribution in [2.45, 2.75) is 6.92 Å². The summed E-state index contributed by atoms with van der Waals surface area (Å²) in [6.07, 6.45) is 0. The van der Waals surface area contributed by atoms with Crippen LogP contribution in [-0.2, 0) is 0 Å². The molecule has 0 aliphatic rings. The van der Waals surface area contributed by atoms with Gasteiger partial charge in [0, 0.05) is 11.1 Å². The summed E-state index contributed by atoms with van der Waals surface area (Å²) in [5.74, 6) is 0.339. The number of anilines is 3. The fourth-order valence-corrected chi connectivity index (χ4v) is 2.69. The maximum atomic E-state index is 12.6. The molecule has 0 unspecified atom stereocenters. The van der Waals surface area contributed by atoms with Crippen LogP contribution >= 0.6 is 23.2 Å². The molecule has 0 saturated carbocycles. The van der Waals surface area contributed by atoms with Gasteiger partial charge in [0.1, 0.15) is 23.4 Å². The first kappa shape index (κ1) is 18.6. The van der Waals surface area contributed by atoms with Gasteiger partial charge in [-0.25, -0.2) is 9.97 Å². The van der Waals surface area contributed by atoms with Crippen LogP contribution in [0.5, 0.6) is 0 Å². The van der Waals surface area contributed by atoms with Crippen LogP contribution in [0.2, 0.25) is 10.0 Å². The normalized spacial score (nSPS) is 10.1. The van der Waals surface area contributed by atoms with Crippen molar-refractivity contribution < 1.29 is 4.79 Å². The average Bonchev–Trinajstić information content (AvgIpc) is 2.64. The Morgan fingerprint density at radius 3 is 2.63 bits per heavy atom. The molecule has 8 heteroatoms. The lowest BCUT2D eigenvalue weighted by Crippen LogP contribution is -2.16. The number of carbonyl (C=O) groups excluding carboxylic acids is 1. The number of hydrogen-bond acceptors (Lipinski definition) is 5. The van der Waals surface area contributed by atoms with Crippen molar-refractivity contribution >= 4 is 46.3 Å². The topological polar surface area (TPSA) is 90.7 Å². The smallest absolute Gasteiger partial charge is 0.274 e. The van der Waals surface area contributed by atoms with Gasteiger partial charge in [0.2, 0.25) is 0 Å². The average molecular weight is 398 g/mol. The number of para-hydroxylation sites is 1. The van der Waals surface area contributed by atoms with Crippen LogP contribution < -0.4 is 10.6 Å². The van der Waals surface area contributed by atoms with Gasteiger partial charge in [-0.3, -0.25) is 4.79 Å². The fourth-order valence-electron chi connectivity index (χ4n) is 2.36. The first-order chi connectivity index (χ1) is 13.0. The quantitative estimate of drug-likeness (QED) is 0.648. The zero-order valence-electron chi connectivity index (χ0n) is 14.1. The molecule has 0 fully saturated rings. The number of aromatic nitrogens is 2. The minimum Gasteiger partial charge on any atom is -0.339 e. The standard InChI is InChI=1S/C19H13Cl2N5O/c1-11-23-17(19(27)26-15-5-3-2-4-12(15)10-22)9-18(24-11)25-16-8-13(20)6-7-14(16)21/h2-9H,1H3,(H,26,27)(H,23,24,25). The number of nitrogens with one attached hydrogen (secondary N) is 2. The van der Waals surface area contributed by atoms with Gasteiger partial charge < -0.3 is 10.6 Å². The Morgan fingerprint density at radius 1 is 1.07 bits per heavy atom. The molecule has 0 saturated heterocycles. The number of aryl methyl sites for hydroxylation is 1. The zero-order chi connectivity index (χ0) is 19.4. The van der Waals surface area contributed by atoms with E-state index in [2.05, 4.69) is 20.6 Å². The summed E-state index contributed by atoms with van der Waals surface area (Å²) in [5.41, 5.74) is 1.48. The van der Waals surface area contributed by atoms with Crippen LogP contribution in [0.1, 0.15) is 21.9 Å². The third kappa shape index (κ3) is 4.53. The molecular formula is C19H13Cl2N5O. The van der Waals surface area contributed by atoms with Gasteiger partial charge in [-0.15, -0.1) is 0 Å². The Morgan fingerprint density at radius 2 is 1.85 bits per heavy atom. The Hall–Kier alpha value is -3.14. The maximum absolute atomic E-state index is 12.6. The molecule has 27 heavy (non-hydrogen) atoms. The van der Waals surface area contributed by atoms with Crippen molar-refractivity contribution in [1.29, 1.82) is 5.26 Å². The lowest BCUT2D eigenvalue weighted by molar-refractivity contribution is 0.102. The maximum Gasteiger partial charge on any atom is 0.274 e. The van der Waals surface area contributed by atoms with Crippen molar-refractivity contribution in [1.82, 2.24) is 9.97 Å². The number of nitriles is 1. The predicted octanol–water partition coefficient (Wildman–Crippen LogP) is 4.96. The number of hydrogen-bond donors (Lipinski definition) is 2. The molecule has 1 aromatic heterocycles. The molecule has 134 valence electrons. The molecule has 3 aromatic rings. The highest BCUT2D eigenvalue weighted by atomic mass is 35.5. The van der Waals surface area contributed by atoms with E-state index in [1.165, 1.54) is 6.07 Å². The second-order valence-corrected chi connectivity index (χ2v) is 6.39. The molecule has 6 nitrogen and oxygen atoms in total. The third-order valence-electron chi connectivity index (χ3n) is 3.56. The molecule has 2 aromatic carbocycles. The van der Waals surface area contributed by atoms with E-state index in [9.17, 15) is 4.79 Å². The summed E-state index contributed by atoms with van der Waals surface area (Å²) in [7, 11) is 0. The minimum absolute atomic E-state index is 0.149. The molecule has 0 spiro atoms. The number of halogens is 2. The van der Waals surface area contributed by atoms with Crippen molar-refractivity contribution in [2.24, 2.45) is 0 Å². The van der Waals surface area contributed by atoms with Crippen molar-refractivity contribution in [2.75, 3.05) is 10.6 Å². The molecule has 0 atom stereocenters. The van der Waals surface area contributed by atoms with Gasteiger partial charge >= 0.3 is 0 Å². The fraction of sp³-hybridized carbons (Fsp3) is 0.0526. The summed E-state index contributed by atoms with van der Waals surface area (Å²) in [6.45, 7) is 1.67. The van der Waals surface area contributed by atoms with Crippen LogP contribution in [0.3, 0.4) is 0 Å². The van der Waals surface area contributed by atoms with E-state index in [0.29, 0.717) is 38.6 Å². The van der Waals surface area contributed by atoms with E-state index in [4.69, 9.17) is 28.5 Å². The summed E-state index contributed by atoms with van der Waals surface area (Å²) in [6, 6.07) is 15.2. The summed E-state index contributed by atoms with van der Waals surface area (Å²) in [4.78, 5) is 21.0. The molecule has 0 aliphatic carbocycles. The van der Waals surface area contributed by atoms with Crippen molar-refractivity contribution in [3.63, 3.8) is 0 Å². The first-order valence-corrected chi connectivity index (χ1v) is 8.60. The molecule has 0 bridgehead atoms. The molecule has 1 heterocycles. The van der Waals surface area contributed by atoms with Gasteiger partial charge in [0.15, 0.2) is 0 Å². The van der Waals surface area contributed by atoms with E-state index in [1.54, 1.807) is 49.4 Å². The number of rotatable bonds is 4. The van der Waals surface area contributed by atoms with E-state index < -0.39 is 5.91 Å². The highest BCUT2D eigenvalue weighted by Gasteiger charge is 2.13. The first-order valence-electron chi connectivity index (χ1n) is 7.84. The summed E-state index contributed by atoms with van der Waals surface area (Å²) >= 11 is 12.1. The Balaban J connectivity index is 1.88. The monoisotopic (exact) mass is 397 g/mol. The number of carbonyl (C=O) groups is 1. The summed E-state index contributed by atoms with van der Waals surface area (Å²) in [5, 5.41) is 15.8. The van der Waals surface area contributed by atoms with Crippen LogP contribution in [0, 0.1) is 18.3 Å². The van der Waals surface area contributed by atoms with Crippen molar-refractivity contribution in [3.8, 4) is 6.07 Å². The number of nitrogens with zero attached hydrogens (tertiary/aromatic N) is 3. The van der Waals surface area contributed by atoms with Gasteiger partial charge in [0.05, 0.1) is 22.0 Å². The Bertz CT molecular complexity index is 1060. The SMILES string of the molecule is Cc1nc(Nc2cc(Cl)ccc2Cl)cc(C(=O)Nc2ccccc2C#N)n1. The van der Waals surface area contributed by atoms with E-state index >= 15 is 0 Å².